The highest BCUT2D eigenvalue weighted by Gasteiger charge is 2.45. The van der Waals surface area contributed by atoms with E-state index < -0.39 is 12.3 Å². The Kier molecular flexibility index (Phi) is 3.21. The molecule has 15 heavy (non-hydrogen) atoms. The number of hydrogen-bond donors (Lipinski definition) is 1. The molecule has 0 aromatic heterocycles. The fourth-order valence-corrected chi connectivity index (χ4v) is 2.46. The highest BCUT2D eigenvalue weighted by Crippen LogP contribution is 2.33. The summed E-state index contributed by atoms with van der Waals surface area (Å²) in [4.78, 5) is 0. The van der Waals surface area contributed by atoms with Crippen LogP contribution < -0.4 is 5.32 Å². The summed E-state index contributed by atoms with van der Waals surface area (Å²) in [6.07, 6.45) is -1.81. The van der Waals surface area contributed by atoms with Gasteiger partial charge in [0, 0.05) is 13.1 Å². The van der Waals surface area contributed by atoms with Crippen LogP contribution in [0.3, 0.4) is 0 Å². The van der Waals surface area contributed by atoms with Crippen molar-refractivity contribution >= 4 is 0 Å². The predicted molar refractivity (Wildman–Crippen MR) is 49.5 cm³/mol. The van der Waals surface area contributed by atoms with Crippen LogP contribution in [0.2, 0.25) is 0 Å². The van der Waals surface area contributed by atoms with E-state index in [2.05, 4.69) is 5.32 Å². The van der Waals surface area contributed by atoms with Crippen molar-refractivity contribution in [3.8, 4) is 0 Å². The van der Waals surface area contributed by atoms with Crippen LogP contribution >= 0.6 is 0 Å². The fraction of sp³-hybridized carbons (Fsp3) is 1.00. The molecular formula is C10H16F3NO. The van der Waals surface area contributed by atoms with Crippen molar-refractivity contribution in [3.63, 3.8) is 0 Å². The summed E-state index contributed by atoms with van der Waals surface area (Å²) in [5.74, 6) is 0.322. The Labute approximate surface area is 87.2 Å². The van der Waals surface area contributed by atoms with Crippen LogP contribution in [0.1, 0.15) is 25.7 Å². The Morgan fingerprint density at radius 1 is 1.07 bits per heavy atom. The van der Waals surface area contributed by atoms with Crippen LogP contribution in [0, 0.1) is 5.92 Å². The van der Waals surface area contributed by atoms with Crippen molar-refractivity contribution in [1.82, 2.24) is 5.32 Å². The summed E-state index contributed by atoms with van der Waals surface area (Å²) in [7, 11) is 0. The minimum Gasteiger partial charge on any atom is -0.363 e. The van der Waals surface area contributed by atoms with Gasteiger partial charge in [0.1, 0.15) is 0 Å². The van der Waals surface area contributed by atoms with E-state index in [1.165, 1.54) is 0 Å². The molecule has 0 amide bonds. The number of rotatable bonds is 1. The maximum atomic E-state index is 12.4. The van der Waals surface area contributed by atoms with Gasteiger partial charge in [0.25, 0.3) is 0 Å². The molecule has 2 aliphatic rings. The molecule has 0 radical (unpaired) electrons. The van der Waals surface area contributed by atoms with Crippen LogP contribution in [0.4, 0.5) is 13.2 Å². The summed E-state index contributed by atoms with van der Waals surface area (Å²) in [5.41, 5.74) is 0. The molecule has 0 spiro atoms. The summed E-state index contributed by atoms with van der Waals surface area (Å²) in [6.45, 7) is 0.462. The average Bonchev–Trinajstić information content (AvgIpc) is 2.69. The first-order chi connectivity index (χ1) is 7.07. The van der Waals surface area contributed by atoms with Crippen molar-refractivity contribution in [2.24, 2.45) is 5.92 Å². The minimum absolute atomic E-state index is 0.104. The molecule has 2 fully saturated rings. The number of hydrogen-bond acceptors (Lipinski definition) is 2. The standard InChI is InChI=1S/C10H16F3NO/c11-10(12,13)9-6-14-5-8(15-9)7-3-1-2-4-7/h7-9,14H,1-6H2/t8-,9+/m1/s1. The van der Waals surface area contributed by atoms with Gasteiger partial charge in [-0.2, -0.15) is 13.2 Å². The van der Waals surface area contributed by atoms with Gasteiger partial charge in [-0.05, 0) is 18.8 Å². The molecule has 1 saturated heterocycles. The molecule has 88 valence electrons. The van der Waals surface area contributed by atoms with Crippen LogP contribution in [0.15, 0.2) is 0 Å². The molecule has 1 heterocycles. The van der Waals surface area contributed by atoms with E-state index in [-0.39, 0.29) is 12.6 Å². The molecule has 2 nitrogen and oxygen atoms in total. The van der Waals surface area contributed by atoms with Gasteiger partial charge in [0.15, 0.2) is 6.10 Å². The number of nitrogens with one attached hydrogen (secondary N) is 1. The van der Waals surface area contributed by atoms with Crippen LogP contribution in [0.25, 0.3) is 0 Å². The largest absolute Gasteiger partial charge is 0.415 e. The summed E-state index contributed by atoms with van der Waals surface area (Å²) in [5, 5.41) is 2.82. The fourth-order valence-electron chi connectivity index (χ4n) is 2.46. The lowest BCUT2D eigenvalue weighted by Crippen LogP contribution is -2.52. The molecular weight excluding hydrogens is 207 g/mol. The SMILES string of the molecule is FC(F)(F)[C@@H]1CNC[C@H](C2CCCC2)O1. The molecule has 1 aliphatic heterocycles. The van der Waals surface area contributed by atoms with Crippen LogP contribution in [0.5, 0.6) is 0 Å². The van der Waals surface area contributed by atoms with E-state index in [0.29, 0.717) is 12.5 Å². The zero-order valence-corrected chi connectivity index (χ0v) is 8.52. The van der Waals surface area contributed by atoms with E-state index in [4.69, 9.17) is 4.74 Å². The third-order valence-electron chi connectivity index (χ3n) is 3.31. The molecule has 5 heteroatoms. The van der Waals surface area contributed by atoms with Gasteiger partial charge in [-0.15, -0.1) is 0 Å². The molecule has 1 saturated carbocycles. The lowest BCUT2D eigenvalue weighted by atomic mass is 9.99. The number of alkyl halides is 3. The van der Waals surface area contributed by atoms with Gasteiger partial charge in [-0.1, -0.05) is 12.8 Å². The zero-order chi connectivity index (χ0) is 10.9. The van der Waals surface area contributed by atoms with Gasteiger partial charge >= 0.3 is 6.18 Å². The number of halogens is 3. The van der Waals surface area contributed by atoms with E-state index >= 15 is 0 Å². The lowest BCUT2D eigenvalue weighted by Gasteiger charge is -2.35. The van der Waals surface area contributed by atoms with E-state index in [1.54, 1.807) is 0 Å². The number of morpholine rings is 1. The van der Waals surface area contributed by atoms with Crippen molar-refractivity contribution < 1.29 is 17.9 Å². The summed E-state index contributed by atoms with van der Waals surface area (Å²) < 4.78 is 42.5. The Bertz CT molecular complexity index is 213. The second-order valence-corrected chi connectivity index (χ2v) is 4.41. The van der Waals surface area contributed by atoms with Gasteiger partial charge in [0.05, 0.1) is 6.10 Å². The highest BCUT2D eigenvalue weighted by atomic mass is 19.4. The van der Waals surface area contributed by atoms with E-state index in [1.807, 2.05) is 0 Å². The van der Waals surface area contributed by atoms with Gasteiger partial charge in [0.2, 0.25) is 0 Å². The van der Waals surface area contributed by atoms with Crippen molar-refractivity contribution in [3.05, 3.63) is 0 Å². The minimum atomic E-state index is -4.23. The van der Waals surface area contributed by atoms with E-state index in [9.17, 15) is 13.2 Å². The predicted octanol–water partition coefficient (Wildman–Crippen LogP) is 2.10. The quantitative estimate of drug-likeness (QED) is 0.735. The smallest absolute Gasteiger partial charge is 0.363 e. The van der Waals surface area contributed by atoms with Gasteiger partial charge in [-0.25, -0.2) is 0 Å². The van der Waals surface area contributed by atoms with Crippen molar-refractivity contribution in [2.45, 2.75) is 44.1 Å². The third-order valence-corrected chi connectivity index (χ3v) is 3.31. The van der Waals surface area contributed by atoms with E-state index in [0.717, 1.165) is 25.7 Å². The lowest BCUT2D eigenvalue weighted by molar-refractivity contribution is -0.244. The first kappa shape index (κ1) is 11.2. The Morgan fingerprint density at radius 3 is 2.33 bits per heavy atom. The van der Waals surface area contributed by atoms with Crippen LogP contribution in [-0.2, 0) is 4.74 Å². The maximum absolute atomic E-state index is 12.4. The Hall–Kier alpha value is -0.290. The molecule has 0 aromatic carbocycles. The molecule has 0 unspecified atom stereocenters. The molecule has 2 atom stereocenters. The maximum Gasteiger partial charge on any atom is 0.415 e. The molecule has 0 aromatic rings. The average molecular weight is 223 g/mol. The van der Waals surface area contributed by atoms with Crippen molar-refractivity contribution in [2.75, 3.05) is 13.1 Å². The zero-order valence-electron chi connectivity index (χ0n) is 8.52. The molecule has 2 rings (SSSR count). The second-order valence-electron chi connectivity index (χ2n) is 4.41. The Balaban J connectivity index is 1.92. The first-order valence-corrected chi connectivity index (χ1v) is 5.50. The molecule has 1 N–H and O–H groups in total. The summed E-state index contributed by atoms with van der Waals surface area (Å²) in [6, 6.07) is 0. The third kappa shape index (κ3) is 2.64. The van der Waals surface area contributed by atoms with Gasteiger partial charge < -0.3 is 10.1 Å². The topological polar surface area (TPSA) is 21.3 Å². The normalized spacial score (nSPS) is 34.6. The first-order valence-electron chi connectivity index (χ1n) is 5.50. The van der Waals surface area contributed by atoms with Crippen molar-refractivity contribution in [1.29, 1.82) is 0 Å². The summed E-state index contributed by atoms with van der Waals surface area (Å²) >= 11 is 0. The molecule has 0 bridgehead atoms. The monoisotopic (exact) mass is 223 g/mol. The Morgan fingerprint density at radius 2 is 1.73 bits per heavy atom. The highest BCUT2D eigenvalue weighted by molar-refractivity contribution is 4.85. The van der Waals surface area contributed by atoms with Gasteiger partial charge in [-0.3, -0.25) is 0 Å². The van der Waals surface area contributed by atoms with Crippen LogP contribution in [-0.4, -0.2) is 31.5 Å². The number of ether oxygens (including phenoxy) is 1. The molecule has 1 aliphatic carbocycles. The second kappa shape index (κ2) is 4.29.